The van der Waals surface area contributed by atoms with Crippen molar-refractivity contribution in [1.29, 1.82) is 0 Å². The quantitative estimate of drug-likeness (QED) is 0.893. The molecule has 0 spiro atoms. The summed E-state index contributed by atoms with van der Waals surface area (Å²) in [6.45, 7) is 4.93. The van der Waals surface area contributed by atoms with Crippen molar-refractivity contribution in [2.24, 2.45) is 0 Å². The topological polar surface area (TPSA) is 37.8 Å². The van der Waals surface area contributed by atoms with Gasteiger partial charge in [-0.1, -0.05) is 30.3 Å². The van der Waals surface area contributed by atoms with Gasteiger partial charge in [-0.2, -0.15) is 0 Å². The zero-order valence-corrected chi connectivity index (χ0v) is 11.2. The van der Waals surface area contributed by atoms with E-state index in [1.54, 1.807) is 0 Å². The van der Waals surface area contributed by atoms with Crippen molar-refractivity contribution in [3.05, 3.63) is 58.7 Å². The second kappa shape index (κ2) is 5.74. The third-order valence-electron chi connectivity index (χ3n) is 3.03. The summed E-state index contributed by atoms with van der Waals surface area (Å²) in [4.78, 5) is 9.19. The Morgan fingerprint density at radius 1 is 1.00 bits per heavy atom. The zero-order chi connectivity index (χ0) is 13.0. The van der Waals surface area contributed by atoms with Crippen molar-refractivity contribution in [3.63, 3.8) is 0 Å². The summed E-state index contributed by atoms with van der Waals surface area (Å²) in [7, 11) is 1.94. The Bertz CT molecular complexity index is 498. The van der Waals surface area contributed by atoms with Crippen molar-refractivity contribution >= 4 is 0 Å². The second-order valence-corrected chi connectivity index (χ2v) is 4.48. The Balaban J connectivity index is 2.25. The van der Waals surface area contributed by atoms with Gasteiger partial charge in [0.25, 0.3) is 0 Å². The molecule has 0 fully saturated rings. The third-order valence-corrected chi connectivity index (χ3v) is 3.03. The molecule has 0 aliphatic rings. The lowest BCUT2D eigenvalue weighted by Gasteiger charge is -2.10. The Hall–Kier alpha value is -1.74. The van der Waals surface area contributed by atoms with Crippen LogP contribution in [0.3, 0.4) is 0 Å². The largest absolute Gasteiger partial charge is 0.316 e. The van der Waals surface area contributed by atoms with Gasteiger partial charge in [0.1, 0.15) is 5.82 Å². The summed E-state index contributed by atoms with van der Waals surface area (Å²) in [5.74, 6) is 0.899. The fourth-order valence-corrected chi connectivity index (χ4v) is 2.10. The van der Waals surface area contributed by atoms with Crippen molar-refractivity contribution in [2.75, 3.05) is 7.05 Å². The van der Waals surface area contributed by atoms with Crippen LogP contribution >= 0.6 is 0 Å². The maximum Gasteiger partial charge on any atom is 0.133 e. The average molecular weight is 241 g/mol. The molecule has 94 valence electrons. The van der Waals surface area contributed by atoms with Gasteiger partial charge in [0, 0.05) is 29.9 Å². The first-order valence-electron chi connectivity index (χ1n) is 6.22. The summed E-state index contributed by atoms with van der Waals surface area (Å²) in [5.41, 5.74) is 4.59. The molecule has 2 aromatic rings. The highest BCUT2D eigenvalue weighted by atomic mass is 14.9. The van der Waals surface area contributed by atoms with Gasteiger partial charge < -0.3 is 5.32 Å². The lowest BCUT2D eigenvalue weighted by Crippen LogP contribution is -2.12. The predicted molar refractivity (Wildman–Crippen MR) is 73.5 cm³/mol. The second-order valence-electron chi connectivity index (χ2n) is 4.48. The Labute approximate surface area is 108 Å². The number of rotatable bonds is 4. The summed E-state index contributed by atoms with van der Waals surface area (Å²) >= 11 is 0. The monoisotopic (exact) mass is 241 g/mol. The fourth-order valence-electron chi connectivity index (χ4n) is 2.10. The van der Waals surface area contributed by atoms with Gasteiger partial charge in [-0.15, -0.1) is 0 Å². The van der Waals surface area contributed by atoms with Crippen LogP contribution in [0.2, 0.25) is 0 Å². The van der Waals surface area contributed by atoms with Crippen LogP contribution in [-0.4, -0.2) is 17.0 Å². The summed E-state index contributed by atoms with van der Waals surface area (Å²) in [5, 5.41) is 3.15. The van der Waals surface area contributed by atoms with Gasteiger partial charge in [0.05, 0.1) is 0 Å². The molecule has 0 aliphatic heterocycles. The average Bonchev–Trinajstić information content (AvgIpc) is 2.35. The number of nitrogens with one attached hydrogen (secondary N) is 1. The third kappa shape index (κ3) is 2.93. The van der Waals surface area contributed by atoms with Crippen LogP contribution in [0.5, 0.6) is 0 Å². The first kappa shape index (κ1) is 12.7. The number of aryl methyl sites for hydroxylation is 2. The molecule has 0 radical (unpaired) electrons. The van der Waals surface area contributed by atoms with E-state index in [0.717, 1.165) is 30.2 Å². The number of hydrogen-bond donors (Lipinski definition) is 1. The van der Waals surface area contributed by atoms with Crippen LogP contribution in [0.4, 0.5) is 0 Å². The molecular weight excluding hydrogens is 222 g/mol. The van der Waals surface area contributed by atoms with Gasteiger partial charge in [0.2, 0.25) is 0 Å². The Kier molecular flexibility index (Phi) is 4.05. The van der Waals surface area contributed by atoms with Crippen LogP contribution < -0.4 is 5.32 Å². The predicted octanol–water partition coefficient (Wildman–Crippen LogP) is 2.40. The summed E-state index contributed by atoms with van der Waals surface area (Å²) < 4.78 is 0. The Morgan fingerprint density at radius 3 is 2.17 bits per heavy atom. The highest BCUT2D eigenvalue weighted by Crippen LogP contribution is 2.12. The van der Waals surface area contributed by atoms with Crippen LogP contribution in [0, 0.1) is 13.8 Å². The zero-order valence-electron chi connectivity index (χ0n) is 11.2. The van der Waals surface area contributed by atoms with E-state index in [-0.39, 0.29) is 0 Å². The number of aromatic nitrogens is 2. The molecule has 18 heavy (non-hydrogen) atoms. The molecule has 1 aromatic carbocycles. The van der Waals surface area contributed by atoms with Gasteiger partial charge in [0.15, 0.2) is 0 Å². The minimum Gasteiger partial charge on any atom is -0.316 e. The van der Waals surface area contributed by atoms with Gasteiger partial charge in [-0.25, -0.2) is 9.97 Å². The summed E-state index contributed by atoms with van der Waals surface area (Å²) in [6, 6.07) is 10.3. The molecule has 3 nitrogen and oxygen atoms in total. The number of hydrogen-bond acceptors (Lipinski definition) is 3. The van der Waals surface area contributed by atoms with Gasteiger partial charge >= 0.3 is 0 Å². The van der Waals surface area contributed by atoms with E-state index in [1.807, 2.05) is 25.2 Å². The van der Waals surface area contributed by atoms with Crippen LogP contribution in [0.15, 0.2) is 30.3 Å². The van der Waals surface area contributed by atoms with Crippen molar-refractivity contribution in [3.8, 4) is 0 Å². The minimum atomic E-state index is 0.794. The maximum absolute atomic E-state index is 4.60. The number of nitrogens with zero attached hydrogens (tertiary/aromatic N) is 2. The molecule has 0 saturated carbocycles. The molecule has 1 heterocycles. The molecule has 0 amide bonds. The molecule has 3 heteroatoms. The van der Waals surface area contributed by atoms with E-state index in [1.165, 1.54) is 11.1 Å². The first-order valence-corrected chi connectivity index (χ1v) is 6.22. The standard InChI is InChI=1S/C15H19N3/c1-11-14(10-16-3)12(2)18-15(17-11)9-13-7-5-4-6-8-13/h4-8,16H,9-10H2,1-3H3. The van der Waals surface area contributed by atoms with E-state index in [0.29, 0.717) is 0 Å². The van der Waals surface area contributed by atoms with E-state index >= 15 is 0 Å². The fraction of sp³-hybridized carbons (Fsp3) is 0.333. The van der Waals surface area contributed by atoms with E-state index in [4.69, 9.17) is 0 Å². The van der Waals surface area contributed by atoms with E-state index < -0.39 is 0 Å². The molecule has 2 rings (SSSR count). The molecule has 0 saturated heterocycles. The molecule has 1 aromatic heterocycles. The van der Waals surface area contributed by atoms with Gasteiger partial charge in [-0.3, -0.25) is 0 Å². The highest BCUT2D eigenvalue weighted by molar-refractivity contribution is 5.26. The van der Waals surface area contributed by atoms with E-state index in [2.05, 4.69) is 41.3 Å². The van der Waals surface area contributed by atoms with Crippen molar-refractivity contribution < 1.29 is 0 Å². The first-order chi connectivity index (χ1) is 8.70. The molecule has 0 atom stereocenters. The SMILES string of the molecule is CNCc1c(C)nc(Cc2ccccc2)nc1C. The lowest BCUT2D eigenvalue weighted by molar-refractivity contribution is 0.773. The van der Waals surface area contributed by atoms with Crippen molar-refractivity contribution in [1.82, 2.24) is 15.3 Å². The smallest absolute Gasteiger partial charge is 0.133 e. The molecule has 0 unspecified atom stereocenters. The van der Waals surface area contributed by atoms with Crippen molar-refractivity contribution in [2.45, 2.75) is 26.8 Å². The van der Waals surface area contributed by atoms with Gasteiger partial charge in [-0.05, 0) is 26.5 Å². The Morgan fingerprint density at radius 2 is 1.61 bits per heavy atom. The normalized spacial score (nSPS) is 10.6. The molecule has 1 N–H and O–H groups in total. The molecular formula is C15H19N3. The van der Waals surface area contributed by atoms with Crippen LogP contribution in [0.25, 0.3) is 0 Å². The highest BCUT2D eigenvalue weighted by Gasteiger charge is 2.08. The summed E-state index contributed by atoms with van der Waals surface area (Å²) in [6.07, 6.45) is 0.794. The van der Waals surface area contributed by atoms with E-state index in [9.17, 15) is 0 Å². The van der Waals surface area contributed by atoms with Crippen LogP contribution in [-0.2, 0) is 13.0 Å². The number of benzene rings is 1. The van der Waals surface area contributed by atoms with Crippen LogP contribution in [0.1, 0.15) is 28.3 Å². The lowest BCUT2D eigenvalue weighted by atomic mass is 10.1. The maximum atomic E-state index is 4.60. The molecule has 0 aliphatic carbocycles. The minimum absolute atomic E-state index is 0.794. The molecule has 0 bridgehead atoms.